The van der Waals surface area contributed by atoms with Crippen molar-refractivity contribution in [2.24, 2.45) is 32.9 Å². The van der Waals surface area contributed by atoms with E-state index in [0.29, 0.717) is 25.9 Å². The second-order valence-electron chi connectivity index (χ2n) is 4.66. The average Bonchev–Trinajstić information content (AvgIpc) is 2.47. The van der Waals surface area contributed by atoms with E-state index >= 15 is 0 Å². The Hall–Kier alpha value is -3.40. The molecule has 24 heavy (non-hydrogen) atoms. The van der Waals surface area contributed by atoms with Crippen LogP contribution in [0.2, 0.25) is 0 Å². The van der Waals surface area contributed by atoms with Crippen molar-refractivity contribution in [2.75, 3.05) is 27.2 Å². The third-order valence-electron chi connectivity index (χ3n) is 2.61. The van der Waals surface area contributed by atoms with E-state index in [9.17, 15) is 0 Å². The third-order valence-corrected chi connectivity index (χ3v) is 2.61. The van der Waals surface area contributed by atoms with Crippen molar-refractivity contribution in [3.63, 3.8) is 0 Å². The minimum absolute atomic E-state index is 0.0178. The van der Waals surface area contributed by atoms with Crippen LogP contribution in [0, 0.1) is 34.5 Å². The highest BCUT2D eigenvalue weighted by molar-refractivity contribution is 5.92. The minimum atomic E-state index is -0.339. The zero-order valence-corrected chi connectivity index (χ0v) is 13.9. The van der Waals surface area contributed by atoms with Gasteiger partial charge in [-0.2, -0.15) is 9.98 Å². The molecular weight excluding hydrogens is 308 g/mol. The molecule has 0 spiro atoms. The van der Waals surface area contributed by atoms with Crippen LogP contribution in [0.3, 0.4) is 0 Å². The molecule has 0 saturated carbocycles. The van der Waals surface area contributed by atoms with E-state index in [1.54, 1.807) is 23.9 Å². The number of guanidine groups is 4. The fourth-order valence-corrected chi connectivity index (χ4v) is 1.30. The fourth-order valence-electron chi connectivity index (χ4n) is 1.30. The summed E-state index contributed by atoms with van der Waals surface area (Å²) in [6, 6.07) is 0. The van der Waals surface area contributed by atoms with Crippen molar-refractivity contribution in [2.45, 2.75) is 12.8 Å². The summed E-state index contributed by atoms with van der Waals surface area (Å²) in [5, 5.41) is 14.6. The summed E-state index contributed by atoms with van der Waals surface area (Å²) >= 11 is 0. The molecule has 0 unspecified atom stereocenters. The molecule has 0 amide bonds. The first kappa shape index (κ1) is 20.6. The summed E-state index contributed by atoms with van der Waals surface area (Å²) in [6.45, 7) is 1.07. The van der Waals surface area contributed by atoms with Gasteiger partial charge in [0, 0.05) is 40.0 Å². The SMILES string of the molecule is CN(CCC#CC#CCCN(C)C(N)=NC(=N)N)C(=N)N=C(N)N. The molecule has 130 valence electrons. The number of nitrogens with one attached hydrogen (secondary N) is 2. The molecule has 0 bridgehead atoms. The lowest BCUT2D eigenvalue weighted by molar-refractivity contribution is 0.508. The second kappa shape index (κ2) is 11.2. The number of hydrogen-bond acceptors (Lipinski definition) is 2. The molecule has 0 heterocycles. The van der Waals surface area contributed by atoms with E-state index in [4.69, 9.17) is 33.8 Å². The van der Waals surface area contributed by atoms with E-state index in [2.05, 4.69) is 33.7 Å². The van der Waals surface area contributed by atoms with Gasteiger partial charge in [-0.15, -0.1) is 0 Å². The molecule has 0 radical (unpaired) electrons. The van der Waals surface area contributed by atoms with Gasteiger partial charge in [0.2, 0.25) is 11.9 Å². The van der Waals surface area contributed by atoms with Crippen LogP contribution < -0.4 is 22.9 Å². The summed E-state index contributed by atoms with van der Waals surface area (Å²) in [7, 11) is 3.43. The molecule has 0 rings (SSSR count). The van der Waals surface area contributed by atoms with Gasteiger partial charge < -0.3 is 32.7 Å². The minimum Gasteiger partial charge on any atom is -0.370 e. The third kappa shape index (κ3) is 10.3. The van der Waals surface area contributed by atoms with Crippen LogP contribution in [0.5, 0.6) is 0 Å². The first-order valence-corrected chi connectivity index (χ1v) is 6.98. The molecule has 10 nitrogen and oxygen atoms in total. The molecule has 0 aromatic carbocycles. The molecule has 0 aromatic rings. The zero-order chi connectivity index (χ0) is 18.5. The Morgan fingerprint density at radius 3 is 1.83 bits per heavy atom. The van der Waals surface area contributed by atoms with Crippen molar-refractivity contribution >= 4 is 23.8 Å². The maximum absolute atomic E-state index is 7.57. The monoisotopic (exact) mass is 332 g/mol. The summed E-state index contributed by atoms with van der Waals surface area (Å²) in [6.07, 6.45) is 1.08. The van der Waals surface area contributed by atoms with Crippen molar-refractivity contribution in [1.29, 1.82) is 10.8 Å². The lowest BCUT2D eigenvalue weighted by Crippen LogP contribution is -2.36. The number of aliphatic imine (C=N–C) groups is 2. The van der Waals surface area contributed by atoms with Gasteiger partial charge in [0.05, 0.1) is 0 Å². The van der Waals surface area contributed by atoms with E-state index in [1.165, 1.54) is 0 Å². The topological polar surface area (TPSA) is 183 Å². The molecule has 0 aliphatic rings. The van der Waals surface area contributed by atoms with E-state index in [0.717, 1.165) is 0 Å². The number of hydrogen-bond donors (Lipinski definition) is 6. The first-order chi connectivity index (χ1) is 11.2. The van der Waals surface area contributed by atoms with E-state index in [-0.39, 0.29) is 23.8 Å². The summed E-state index contributed by atoms with van der Waals surface area (Å²) in [5.74, 6) is 10.9. The zero-order valence-electron chi connectivity index (χ0n) is 13.9. The van der Waals surface area contributed by atoms with Crippen molar-refractivity contribution < 1.29 is 0 Å². The van der Waals surface area contributed by atoms with Gasteiger partial charge in [-0.05, 0) is 11.8 Å². The Kier molecular flexibility index (Phi) is 9.62. The molecule has 0 aromatic heterocycles. The summed E-state index contributed by atoms with van der Waals surface area (Å²) in [5.41, 5.74) is 21.1. The van der Waals surface area contributed by atoms with Gasteiger partial charge in [0.1, 0.15) is 0 Å². The quantitative estimate of drug-likeness (QED) is 0.197. The highest BCUT2D eigenvalue weighted by Gasteiger charge is 2.01. The number of rotatable bonds is 4. The molecule has 0 aliphatic heterocycles. The molecule has 10 N–H and O–H groups in total. The van der Waals surface area contributed by atoms with Gasteiger partial charge in [-0.1, -0.05) is 11.8 Å². The molecular formula is C14H24N10. The van der Waals surface area contributed by atoms with Gasteiger partial charge in [0.25, 0.3) is 0 Å². The highest BCUT2D eigenvalue weighted by atomic mass is 15.3. The maximum atomic E-state index is 7.57. The van der Waals surface area contributed by atoms with E-state index < -0.39 is 0 Å². The molecule has 0 aliphatic carbocycles. The standard InChI is InChI=1S/C14H24N10/c1-23(13(19)21-11(15)16)9-7-5-3-4-6-8-10-24(2)14(20)22-12(17)18/h7-10H2,1-2H3,(H5,15,16,19,21)(H5,17,18,20,22). The first-order valence-electron chi connectivity index (χ1n) is 6.98. The smallest absolute Gasteiger partial charge is 0.220 e. The Morgan fingerprint density at radius 2 is 1.38 bits per heavy atom. The lowest BCUT2D eigenvalue weighted by Gasteiger charge is -2.15. The molecule has 10 heteroatoms. The fraction of sp³-hybridized carbons (Fsp3) is 0.429. The van der Waals surface area contributed by atoms with Crippen molar-refractivity contribution in [3.05, 3.63) is 0 Å². The van der Waals surface area contributed by atoms with Crippen LogP contribution in [-0.4, -0.2) is 60.8 Å². The lowest BCUT2D eigenvalue weighted by atomic mass is 10.3. The summed E-state index contributed by atoms with van der Waals surface area (Å²) in [4.78, 5) is 10.5. The van der Waals surface area contributed by atoms with Crippen LogP contribution in [0.25, 0.3) is 0 Å². The number of nitrogens with zero attached hydrogens (tertiary/aromatic N) is 4. The van der Waals surface area contributed by atoms with Crippen molar-refractivity contribution in [1.82, 2.24) is 9.80 Å². The Morgan fingerprint density at radius 1 is 0.875 bits per heavy atom. The normalized spacial score (nSPS) is 9.67. The van der Waals surface area contributed by atoms with Gasteiger partial charge in [-0.25, -0.2) is 0 Å². The largest absolute Gasteiger partial charge is 0.370 e. The highest BCUT2D eigenvalue weighted by Crippen LogP contribution is 1.89. The van der Waals surface area contributed by atoms with Gasteiger partial charge in [0.15, 0.2) is 11.9 Å². The van der Waals surface area contributed by atoms with Gasteiger partial charge in [-0.3, -0.25) is 10.8 Å². The maximum Gasteiger partial charge on any atom is 0.220 e. The van der Waals surface area contributed by atoms with Crippen LogP contribution in [0.4, 0.5) is 0 Å². The molecule has 0 atom stereocenters. The van der Waals surface area contributed by atoms with Crippen molar-refractivity contribution in [3.8, 4) is 23.7 Å². The Balaban J connectivity index is 4.13. The van der Waals surface area contributed by atoms with Crippen LogP contribution >= 0.6 is 0 Å². The average molecular weight is 332 g/mol. The van der Waals surface area contributed by atoms with Crippen LogP contribution in [0.1, 0.15) is 12.8 Å². The Labute approximate surface area is 142 Å². The Bertz CT molecular complexity index is 621. The van der Waals surface area contributed by atoms with Crippen LogP contribution in [-0.2, 0) is 0 Å². The van der Waals surface area contributed by atoms with E-state index in [1.807, 2.05) is 0 Å². The molecule has 0 saturated heterocycles. The predicted molar refractivity (Wildman–Crippen MR) is 97.1 cm³/mol. The predicted octanol–water partition coefficient (Wildman–Crippen LogP) is -1.95. The number of nitrogens with two attached hydrogens (primary N) is 4. The second-order valence-corrected chi connectivity index (χ2v) is 4.66. The molecule has 0 fully saturated rings. The van der Waals surface area contributed by atoms with Gasteiger partial charge >= 0.3 is 0 Å². The summed E-state index contributed by atoms with van der Waals surface area (Å²) < 4.78 is 0. The van der Waals surface area contributed by atoms with Crippen LogP contribution in [0.15, 0.2) is 9.98 Å².